The van der Waals surface area contributed by atoms with E-state index >= 15 is 0 Å². The lowest BCUT2D eigenvalue weighted by Crippen LogP contribution is -2.36. The van der Waals surface area contributed by atoms with Gasteiger partial charge >= 0.3 is 0 Å². The van der Waals surface area contributed by atoms with E-state index in [1.807, 2.05) is 17.0 Å². The van der Waals surface area contributed by atoms with Gasteiger partial charge in [0.2, 0.25) is 0 Å². The van der Waals surface area contributed by atoms with E-state index in [0.29, 0.717) is 32.0 Å². The minimum atomic E-state index is -1.66. The SMILES string of the molecule is O=C(Nc1ccccc1N1CCOCC1)c1ccc(F)c(F)c1F. The molecule has 1 heterocycles. The molecule has 0 unspecified atom stereocenters. The lowest BCUT2D eigenvalue weighted by Gasteiger charge is -2.30. The second kappa shape index (κ2) is 6.92. The number of carbonyl (C=O) groups is 1. The van der Waals surface area contributed by atoms with Gasteiger partial charge in [0.25, 0.3) is 5.91 Å². The first-order valence-corrected chi connectivity index (χ1v) is 7.44. The molecule has 1 saturated heterocycles. The van der Waals surface area contributed by atoms with Crippen molar-refractivity contribution in [1.29, 1.82) is 0 Å². The number of nitrogens with one attached hydrogen (secondary N) is 1. The molecule has 0 aliphatic carbocycles. The van der Waals surface area contributed by atoms with Gasteiger partial charge in [0.15, 0.2) is 17.5 Å². The van der Waals surface area contributed by atoms with Gasteiger partial charge in [0.05, 0.1) is 30.2 Å². The first-order valence-electron chi connectivity index (χ1n) is 7.44. The summed E-state index contributed by atoms with van der Waals surface area (Å²) in [7, 11) is 0. The minimum absolute atomic E-state index is 0.466. The Hall–Kier alpha value is -2.54. The van der Waals surface area contributed by atoms with E-state index in [9.17, 15) is 18.0 Å². The molecule has 0 radical (unpaired) electrons. The van der Waals surface area contributed by atoms with Crippen LogP contribution in [0, 0.1) is 17.5 Å². The van der Waals surface area contributed by atoms with E-state index in [2.05, 4.69) is 5.32 Å². The summed E-state index contributed by atoms with van der Waals surface area (Å²) in [5.74, 6) is -5.34. The number of benzene rings is 2. The Morgan fingerprint density at radius 1 is 1.00 bits per heavy atom. The van der Waals surface area contributed by atoms with Gasteiger partial charge in [0, 0.05) is 13.1 Å². The van der Waals surface area contributed by atoms with E-state index in [-0.39, 0.29) is 0 Å². The maximum Gasteiger partial charge on any atom is 0.258 e. The number of rotatable bonds is 3. The van der Waals surface area contributed by atoms with E-state index in [0.717, 1.165) is 17.8 Å². The molecule has 0 spiro atoms. The van der Waals surface area contributed by atoms with Gasteiger partial charge in [-0.2, -0.15) is 0 Å². The minimum Gasteiger partial charge on any atom is -0.378 e. The van der Waals surface area contributed by atoms with Crippen LogP contribution in [0.1, 0.15) is 10.4 Å². The van der Waals surface area contributed by atoms with Gasteiger partial charge in [-0.05, 0) is 24.3 Å². The van der Waals surface area contributed by atoms with Crippen molar-refractivity contribution in [2.24, 2.45) is 0 Å². The van der Waals surface area contributed by atoms with Gasteiger partial charge in [0.1, 0.15) is 0 Å². The highest BCUT2D eigenvalue weighted by molar-refractivity contribution is 6.06. The quantitative estimate of drug-likeness (QED) is 0.876. The van der Waals surface area contributed by atoms with Crippen LogP contribution in [0.3, 0.4) is 0 Å². The fourth-order valence-corrected chi connectivity index (χ4v) is 2.55. The average Bonchev–Trinajstić information content (AvgIpc) is 2.61. The van der Waals surface area contributed by atoms with E-state index in [4.69, 9.17) is 4.74 Å². The number of halogens is 3. The second-order valence-electron chi connectivity index (χ2n) is 5.29. The van der Waals surface area contributed by atoms with Crippen LogP contribution in [0.2, 0.25) is 0 Å². The van der Waals surface area contributed by atoms with Gasteiger partial charge in [-0.1, -0.05) is 12.1 Å². The molecule has 126 valence electrons. The summed E-state index contributed by atoms with van der Waals surface area (Å²) in [6, 6.07) is 8.67. The fourth-order valence-electron chi connectivity index (χ4n) is 2.55. The van der Waals surface area contributed by atoms with Crippen molar-refractivity contribution < 1.29 is 22.7 Å². The Bertz CT molecular complexity index is 761. The van der Waals surface area contributed by atoms with Gasteiger partial charge < -0.3 is 15.0 Å². The molecule has 3 rings (SSSR count). The molecular weight excluding hydrogens is 321 g/mol. The van der Waals surface area contributed by atoms with E-state index < -0.39 is 28.9 Å². The third-order valence-corrected chi connectivity index (χ3v) is 3.78. The summed E-state index contributed by atoms with van der Waals surface area (Å²) < 4.78 is 45.4. The molecular formula is C17H15F3N2O2. The third-order valence-electron chi connectivity index (χ3n) is 3.78. The molecule has 0 aromatic heterocycles. The van der Waals surface area contributed by atoms with Crippen molar-refractivity contribution in [2.75, 3.05) is 36.5 Å². The van der Waals surface area contributed by atoms with Crippen LogP contribution in [0.5, 0.6) is 0 Å². The molecule has 2 aromatic rings. The molecule has 24 heavy (non-hydrogen) atoms. The Morgan fingerprint density at radius 3 is 2.46 bits per heavy atom. The third kappa shape index (κ3) is 3.21. The van der Waals surface area contributed by atoms with Crippen LogP contribution in [0.25, 0.3) is 0 Å². The number of para-hydroxylation sites is 2. The number of ether oxygens (including phenoxy) is 1. The standard InChI is InChI=1S/C17H15F3N2O2/c18-12-6-5-11(15(19)16(12)20)17(23)21-13-3-1-2-4-14(13)22-7-9-24-10-8-22/h1-6H,7-10H2,(H,21,23). The summed E-state index contributed by atoms with van der Waals surface area (Å²) in [6.45, 7) is 2.46. The number of hydrogen-bond acceptors (Lipinski definition) is 3. The summed E-state index contributed by atoms with van der Waals surface area (Å²) >= 11 is 0. The summed E-state index contributed by atoms with van der Waals surface area (Å²) in [6.07, 6.45) is 0. The highest BCUT2D eigenvalue weighted by atomic mass is 19.2. The predicted molar refractivity (Wildman–Crippen MR) is 83.7 cm³/mol. The lowest BCUT2D eigenvalue weighted by molar-refractivity contribution is 0.102. The monoisotopic (exact) mass is 336 g/mol. The Kier molecular flexibility index (Phi) is 4.71. The fraction of sp³-hybridized carbons (Fsp3) is 0.235. The van der Waals surface area contributed by atoms with Crippen LogP contribution < -0.4 is 10.2 Å². The van der Waals surface area contributed by atoms with Crippen molar-refractivity contribution in [3.05, 3.63) is 59.4 Å². The zero-order chi connectivity index (χ0) is 17.1. The molecule has 1 aliphatic heterocycles. The maximum atomic E-state index is 13.8. The highest BCUT2D eigenvalue weighted by Crippen LogP contribution is 2.27. The molecule has 0 bridgehead atoms. The van der Waals surface area contributed by atoms with E-state index in [1.165, 1.54) is 0 Å². The molecule has 1 N–H and O–H groups in total. The molecule has 0 atom stereocenters. The number of nitrogens with zero attached hydrogens (tertiary/aromatic N) is 1. The molecule has 7 heteroatoms. The molecule has 4 nitrogen and oxygen atoms in total. The topological polar surface area (TPSA) is 41.6 Å². The first kappa shape index (κ1) is 16.3. The second-order valence-corrected chi connectivity index (χ2v) is 5.29. The van der Waals surface area contributed by atoms with Crippen molar-refractivity contribution in [3.63, 3.8) is 0 Å². The van der Waals surface area contributed by atoms with Crippen LogP contribution in [-0.2, 0) is 4.74 Å². The number of hydrogen-bond donors (Lipinski definition) is 1. The van der Waals surface area contributed by atoms with E-state index in [1.54, 1.807) is 12.1 Å². The zero-order valence-electron chi connectivity index (χ0n) is 12.7. The van der Waals surface area contributed by atoms with Crippen LogP contribution in [-0.4, -0.2) is 32.2 Å². The number of anilines is 2. The van der Waals surface area contributed by atoms with Crippen molar-refractivity contribution in [2.45, 2.75) is 0 Å². The molecule has 1 aliphatic rings. The number of morpholine rings is 1. The normalized spacial score (nSPS) is 14.5. The largest absolute Gasteiger partial charge is 0.378 e. The van der Waals surface area contributed by atoms with Crippen molar-refractivity contribution in [1.82, 2.24) is 0 Å². The first-order chi connectivity index (χ1) is 11.6. The Balaban J connectivity index is 1.86. The summed E-state index contributed by atoms with van der Waals surface area (Å²) in [4.78, 5) is 14.3. The average molecular weight is 336 g/mol. The maximum absolute atomic E-state index is 13.8. The Morgan fingerprint density at radius 2 is 1.71 bits per heavy atom. The summed E-state index contributed by atoms with van der Waals surface area (Å²) in [5, 5.41) is 2.56. The van der Waals surface area contributed by atoms with Gasteiger partial charge in [-0.3, -0.25) is 4.79 Å². The number of amides is 1. The smallest absolute Gasteiger partial charge is 0.258 e. The lowest BCUT2D eigenvalue weighted by atomic mass is 10.1. The molecule has 1 fully saturated rings. The van der Waals surface area contributed by atoms with Crippen molar-refractivity contribution in [3.8, 4) is 0 Å². The highest BCUT2D eigenvalue weighted by Gasteiger charge is 2.21. The predicted octanol–water partition coefficient (Wildman–Crippen LogP) is 3.19. The molecule has 1 amide bonds. The Labute approximate surface area is 136 Å². The summed E-state index contributed by atoms with van der Waals surface area (Å²) in [5.41, 5.74) is 0.677. The van der Waals surface area contributed by atoms with Gasteiger partial charge in [-0.15, -0.1) is 0 Å². The van der Waals surface area contributed by atoms with Crippen LogP contribution in [0.4, 0.5) is 24.5 Å². The zero-order valence-corrected chi connectivity index (χ0v) is 12.7. The van der Waals surface area contributed by atoms with Gasteiger partial charge in [-0.25, -0.2) is 13.2 Å². The molecule has 0 saturated carbocycles. The van der Waals surface area contributed by atoms with Crippen LogP contribution >= 0.6 is 0 Å². The number of carbonyl (C=O) groups excluding carboxylic acids is 1. The van der Waals surface area contributed by atoms with Crippen LogP contribution in [0.15, 0.2) is 36.4 Å². The molecule has 2 aromatic carbocycles. The van der Waals surface area contributed by atoms with Crippen molar-refractivity contribution >= 4 is 17.3 Å².